The summed E-state index contributed by atoms with van der Waals surface area (Å²) in [6, 6.07) is 5.40. The number of anilines is 1. The molecule has 1 aliphatic rings. The van der Waals surface area contributed by atoms with E-state index in [-0.39, 0.29) is 6.03 Å². The van der Waals surface area contributed by atoms with Crippen LogP contribution in [0, 0.1) is 6.92 Å². The Morgan fingerprint density at radius 1 is 1.42 bits per heavy atom. The molecule has 1 fully saturated rings. The first-order valence-electron chi connectivity index (χ1n) is 6.52. The van der Waals surface area contributed by atoms with Gasteiger partial charge in [-0.15, -0.1) is 0 Å². The molecule has 1 aromatic carbocycles. The van der Waals surface area contributed by atoms with Crippen molar-refractivity contribution in [3.8, 4) is 0 Å². The number of nitrogens with one attached hydrogen (secondary N) is 2. The van der Waals surface area contributed by atoms with E-state index in [2.05, 4.69) is 26.6 Å². The number of urea groups is 1. The van der Waals surface area contributed by atoms with Gasteiger partial charge in [0.15, 0.2) is 0 Å². The minimum Gasteiger partial charge on any atom is -0.388 e. The quantitative estimate of drug-likeness (QED) is 0.798. The van der Waals surface area contributed by atoms with E-state index in [1.807, 2.05) is 25.1 Å². The molecule has 3 N–H and O–H groups in total. The van der Waals surface area contributed by atoms with Crippen LogP contribution < -0.4 is 10.6 Å². The lowest BCUT2D eigenvalue weighted by molar-refractivity contribution is 0.0506. The zero-order valence-corrected chi connectivity index (χ0v) is 12.6. The molecule has 0 atom stereocenters. The number of aryl methyl sites for hydroxylation is 1. The van der Waals surface area contributed by atoms with Gasteiger partial charge in [-0.3, -0.25) is 0 Å². The summed E-state index contributed by atoms with van der Waals surface area (Å²) < 4.78 is 0.983. The van der Waals surface area contributed by atoms with Crippen LogP contribution in [0.1, 0.15) is 31.2 Å². The molecule has 0 radical (unpaired) electrons. The Labute approximate surface area is 121 Å². The monoisotopic (exact) mass is 326 g/mol. The smallest absolute Gasteiger partial charge is 0.319 e. The molecule has 1 aromatic rings. The topological polar surface area (TPSA) is 61.4 Å². The summed E-state index contributed by atoms with van der Waals surface area (Å²) in [7, 11) is 0. The number of halogens is 1. The minimum absolute atomic E-state index is 0.272. The molecule has 0 saturated heterocycles. The summed E-state index contributed by atoms with van der Waals surface area (Å²) in [5.41, 5.74) is 1.05. The van der Waals surface area contributed by atoms with Gasteiger partial charge in [-0.2, -0.15) is 0 Å². The molecule has 4 nitrogen and oxygen atoms in total. The molecule has 0 unspecified atom stereocenters. The summed E-state index contributed by atoms with van der Waals surface area (Å²) >= 11 is 3.38. The van der Waals surface area contributed by atoms with Gasteiger partial charge in [0.25, 0.3) is 0 Å². The average molecular weight is 327 g/mol. The number of aliphatic hydroxyl groups is 1. The molecule has 104 valence electrons. The molecular formula is C14H19BrN2O2. The second-order valence-electron chi connectivity index (χ2n) is 5.20. The Bertz CT molecular complexity index is 471. The Balaban J connectivity index is 1.87. The Morgan fingerprint density at radius 3 is 2.74 bits per heavy atom. The highest BCUT2D eigenvalue weighted by Gasteiger charge is 2.31. The normalized spacial score (nSPS) is 17.2. The molecule has 0 aliphatic heterocycles. The fraction of sp³-hybridized carbons (Fsp3) is 0.500. The number of amides is 2. The minimum atomic E-state index is -0.716. The fourth-order valence-electron chi connectivity index (χ4n) is 2.39. The zero-order valence-electron chi connectivity index (χ0n) is 11.0. The molecule has 2 rings (SSSR count). The van der Waals surface area contributed by atoms with Gasteiger partial charge < -0.3 is 15.7 Å². The van der Waals surface area contributed by atoms with E-state index in [0.717, 1.165) is 41.4 Å². The van der Waals surface area contributed by atoms with Crippen LogP contribution in [0.2, 0.25) is 0 Å². The first-order chi connectivity index (χ1) is 8.98. The third-order valence-corrected chi connectivity index (χ3v) is 4.04. The lowest BCUT2D eigenvalue weighted by atomic mass is 10.0. The third-order valence-electron chi connectivity index (χ3n) is 3.55. The maximum atomic E-state index is 11.8. The number of carbonyl (C=O) groups is 1. The third kappa shape index (κ3) is 3.94. The number of carbonyl (C=O) groups excluding carboxylic acids is 1. The van der Waals surface area contributed by atoms with Crippen molar-refractivity contribution in [1.29, 1.82) is 0 Å². The van der Waals surface area contributed by atoms with Gasteiger partial charge in [-0.25, -0.2) is 4.79 Å². The van der Waals surface area contributed by atoms with E-state index in [4.69, 9.17) is 0 Å². The lowest BCUT2D eigenvalue weighted by Gasteiger charge is -2.22. The van der Waals surface area contributed by atoms with Gasteiger partial charge in [0.2, 0.25) is 0 Å². The van der Waals surface area contributed by atoms with E-state index in [1.165, 1.54) is 0 Å². The molecule has 0 spiro atoms. The Morgan fingerprint density at radius 2 is 2.11 bits per heavy atom. The second-order valence-corrected chi connectivity index (χ2v) is 6.11. The molecule has 1 saturated carbocycles. The molecule has 0 bridgehead atoms. The number of rotatable bonds is 3. The Hall–Kier alpha value is -1.07. The largest absolute Gasteiger partial charge is 0.388 e. The van der Waals surface area contributed by atoms with Gasteiger partial charge >= 0.3 is 6.03 Å². The molecule has 19 heavy (non-hydrogen) atoms. The van der Waals surface area contributed by atoms with Gasteiger partial charge in [-0.05, 0) is 43.5 Å². The van der Waals surface area contributed by atoms with Crippen LogP contribution >= 0.6 is 15.9 Å². The first-order valence-corrected chi connectivity index (χ1v) is 7.31. The van der Waals surface area contributed by atoms with E-state index >= 15 is 0 Å². The van der Waals surface area contributed by atoms with E-state index in [0.29, 0.717) is 6.54 Å². The van der Waals surface area contributed by atoms with Crippen molar-refractivity contribution in [2.24, 2.45) is 0 Å². The maximum absolute atomic E-state index is 11.8. The molecule has 0 aromatic heterocycles. The van der Waals surface area contributed by atoms with Crippen molar-refractivity contribution in [3.05, 3.63) is 28.2 Å². The van der Waals surface area contributed by atoms with Crippen LogP contribution in [-0.4, -0.2) is 23.3 Å². The summed E-state index contributed by atoms with van der Waals surface area (Å²) in [5, 5.41) is 15.7. The predicted octanol–water partition coefficient (Wildman–Crippen LogP) is 3.18. The van der Waals surface area contributed by atoms with Crippen LogP contribution in [0.25, 0.3) is 0 Å². The van der Waals surface area contributed by atoms with Crippen LogP contribution in [-0.2, 0) is 0 Å². The van der Waals surface area contributed by atoms with Crippen molar-refractivity contribution in [2.75, 3.05) is 11.9 Å². The van der Waals surface area contributed by atoms with Crippen molar-refractivity contribution in [1.82, 2.24) is 5.32 Å². The number of hydrogen-bond donors (Lipinski definition) is 3. The van der Waals surface area contributed by atoms with Crippen molar-refractivity contribution in [3.63, 3.8) is 0 Å². The summed E-state index contributed by atoms with van der Waals surface area (Å²) in [5.74, 6) is 0. The molecule has 0 heterocycles. The van der Waals surface area contributed by atoms with Crippen LogP contribution in [0.3, 0.4) is 0 Å². The molecule has 5 heteroatoms. The summed E-state index contributed by atoms with van der Waals surface area (Å²) in [4.78, 5) is 11.8. The van der Waals surface area contributed by atoms with Crippen LogP contribution in [0.5, 0.6) is 0 Å². The first kappa shape index (κ1) is 14.3. The molecule has 2 amide bonds. The van der Waals surface area contributed by atoms with Gasteiger partial charge in [0.05, 0.1) is 5.60 Å². The van der Waals surface area contributed by atoms with Gasteiger partial charge in [0, 0.05) is 16.7 Å². The maximum Gasteiger partial charge on any atom is 0.319 e. The van der Waals surface area contributed by atoms with Crippen molar-refractivity contribution in [2.45, 2.75) is 38.2 Å². The molecular weight excluding hydrogens is 308 g/mol. The summed E-state index contributed by atoms with van der Waals surface area (Å²) in [6.45, 7) is 2.25. The van der Waals surface area contributed by atoms with Crippen molar-refractivity contribution >= 4 is 27.6 Å². The number of hydrogen-bond acceptors (Lipinski definition) is 2. The standard InChI is InChI=1S/C14H19BrN2O2/c1-10-8-11(15)4-5-12(10)17-13(18)16-9-14(19)6-2-3-7-14/h4-5,8,19H,2-3,6-7,9H2,1H3,(H2,16,17,18). The van der Waals surface area contributed by atoms with Gasteiger partial charge in [-0.1, -0.05) is 28.8 Å². The van der Waals surface area contributed by atoms with E-state index < -0.39 is 5.60 Å². The second kappa shape index (κ2) is 5.92. The predicted molar refractivity (Wildman–Crippen MR) is 79.3 cm³/mol. The highest BCUT2D eigenvalue weighted by Crippen LogP contribution is 2.28. The fourth-order valence-corrected chi connectivity index (χ4v) is 2.86. The summed E-state index contributed by atoms with van der Waals surface area (Å²) in [6.07, 6.45) is 3.60. The van der Waals surface area contributed by atoms with Crippen molar-refractivity contribution < 1.29 is 9.90 Å². The highest BCUT2D eigenvalue weighted by molar-refractivity contribution is 9.10. The van der Waals surface area contributed by atoms with Gasteiger partial charge in [0.1, 0.15) is 0 Å². The SMILES string of the molecule is Cc1cc(Br)ccc1NC(=O)NCC1(O)CCCC1. The van der Waals surface area contributed by atoms with E-state index in [1.54, 1.807) is 0 Å². The highest BCUT2D eigenvalue weighted by atomic mass is 79.9. The van der Waals surface area contributed by atoms with E-state index in [9.17, 15) is 9.90 Å². The zero-order chi connectivity index (χ0) is 13.9. The lowest BCUT2D eigenvalue weighted by Crippen LogP contribution is -2.42. The average Bonchev–Trinajstić information content (AvgIpc) is 2.78. The van der Waals surface area contributed by atoms with Crippen LogP contribution in [0.15, 0.2) is 22.7 Å². The number of benzene rings is 1. The Kier molecular flexibility index (Phi) is 4.47. The van der Waals surface area contributed by atoms with Crippen LogP contribution in [0.4, 0.5) is 10.5 Å². The molecule has 1 aliphatic carbocycles.